The van der Waals surface area contributed by atoms with Crippen LogP contribution in [0.3, 0.4) is 0 Å². The predicted molar refractivity (Wildman–Crippen MR) is 80.3 cm³/mol. The highest BCUT2D eigenvalue weighted by atomic mass is 79.9. The van der Waals surface area contributed by atoms with Gasteiger partial charge >= 0.3 is 0 Å². The van der Waals surface area contributed by atoms with Crippen molar-refractivity contribution in [2.24, 2.45) is 0 Å². The van der Waals surface area contributed by atoms with Gasteiger partial charge in [-0.05, 0) is 46.3 Å². The van der Waals surface area contributed by atoms with E-state index in [9.17, 15) is 0 Å². The number of rotatable bonds is 3. The molecule has 1 aromatic heterocycles. The van der Waals surface area contributed by atoms with Crippen molar-refractivity contribution in [1.82, 2.24) is 0 Å². The first-order valence-corrected chi connectivity index (χ1v) is 7.24. The Hall–Kier alpha value is -1.02. The Bertz CT molecular complexity index is 603. The van der Waals surface area contributed by atoms with Gasteiger partial charge in [0.15, 0.2) is 0 Å². The van der Waals surface area contributed by atoms with Crippen LogP contribution >= 0.6 is 38.9 Å². The Kier molecular flexibility index (Phi) is 4.28. The molecule has 92 valence electrons. The molecule has 0 aliphatic carbocycles. The zero-order valence-corrected chi connectivity index (χ0v) is 12.8. The summed E-state index contributed by atoms with van der Waals surface area (Å²) in [5, 5.41) is 8.88. The minimum absolute atomic E-state index is 0.645. The van der Waals surface area contributed by atoms with Gasteiger partial charge in [0, 0.05) is 22.1 Å². The Morgan fingerprint density at radius 3 is 2.72 bits per heavy atom. The molecule has 2 aromatic rings. The van der Waals surface area contributed by atoms with Crippen LogP contribution in [0, 0.1) is 11.3 Å². The average molecular weight is 342 g/mol. The van der Waals surface area contributed by atoms with Gasteiger partial charge in [0.25, 0.3) is 0 Å². The molecule has 0 aliphatic rings. The number of thiophene rings is 1. The van der Waals surface area contributed by atoms with Crippen molar-refractivity contribution < 1.29 is 0 Å². The topological polar surface area (TPSA) is 27.0 Å². The molecule has 0 amide bonds. The van der Waals surface area contributed by atoms with Gasteiger partial charge in [-0.15, -0.1) is 11.3 Å². The molecule has 2 nitrogen and oxygen atoms in total. The molecule has 2 rings (SSSR count). The first kappa shape index (κ1) is 13.4. The highest BCUT2D eigenvalue weighted by Gasteiger charge is 2.07. The maximum Gasteiger partial charge on any atom is 0.100 e. The highest BCUT2D eigenvalue weighted by Crippen LogP contribution is 2.27. The van der Waals surface area contributed by atoms with Crippen LogP contribution in [0.2, 0.25) is 4.34 Å². The maximum atomic E-state index is 8.88. The number of halogens is 2. The molecule has 0 bridgehead atoms. The molecular formula is C13H10BrClN2S. The number of benzene rings is 1. The third kappa shape index (κ3) is 3.05. The van der Waals surface area contributed by atoms with Crippen molar-refractivity contribution in [2.45, 2.75) is 6.54 Å². The summed E-state index contributed by atoms with van der Waals surface area (Å²) in [7, 11) is 2.02. The van der Waals surface area contributed by atoms with E-state index in [0.29, 0.717) is 5.56 Å². The van der Waals surface area contributed by atoms with E-state index >= 15 is 0 Å². The molecule has 5 heteroatoms. The lowest BCUT2D eigenvalue weighted by Crippen LogP contribution is -2.15. The minimum Gasteiger partial charge on any atom is -0.369 e. The van der Waals surface area contributed by atoms with Crippen LogP contribution in [0.15, 0.2) is 34.8 Å². The van der Waals surface area contributed by atoms with E-state index in [2.05, 4.69) is 26.9 Å². The molecule has 1 aromatic carbocycles. The fourth-order valence-electron chi connectivity index (χ4n) is 1.59. The van der Waals surface area contributed by atoms with E-state index in [1.54, 1.807) is 11.3 Å². The minimum atomic E-state index is 0.645. The molecule has 0 saturated carbocycles. The summed E-state index contributed by atoms with van der Waals surface area (Å²) in [6.07, 6.45) is 0. The number of hydrogen-bond acceptors (Lipinski definition) is 3. The maximum absolute atomic E-state index is 8.88. The fourth-order valence-corrected chi connectivity index (χ4v) is 3.19. The van der Waals surface area contributed by atoms with Crippen LogP contribution in [0.5, 0.6) is 0 Å². The van der Waals surface area contributed by atoms with E-state index in [0.717, 1.165) is 21.0 Å². The Morgan fingerprint density at radius 2 is 2.17 bits per heavy atom. The number of anilines is 1. The predicted octanol–water partition coefficient (Wildman–Crippen LogP) is 4.67. The largest absolute Gasteiger partial charge is 0.369 e. The molecule has 0 atom stereocenters. The van der Waals surface area contributed by atoms with Crippen molar-refractivity contribution in [2.75, 3.05) is 11.9 Å². The quantitative estimate of drug-likeness (QED) is 0.811. The number of hydrogen-bond donors (Lipinski definition) is 0. The standard InChI is InChI=1S/C13H10BrClN2S/c1-17(8-11-4-5-13(15)18-11)10-3-2-9(7-16)12(14)6-10/h2-6H,8H2,1H3. The second-order valence-corrected chi connectivity index (χ2v) is 6.49. The SMILES string of the molecule is CN(Cc1ccc(Cl)s1)c1ccc(C#N)c(Br)c1. The normalized spacial score (nSPS) is 10.1. The second kappa shape index (κ2) is 5.75. The summed E-state index contributed by atoms with van der Waals surface area (Å²) in [5.74, 6) is 0. The van der Waals surface area contributed by atoms with Crippen molar-refractivity contribution in [3.63, 3.8) is 0 Å². The smallest absolute Gasteiger partial charge is 0.100 e. The first-order valence-electron chi connectivity index (χ1n) is 5.25. The van der Waals surface area contributed by atoms with E-state index in [1.807, 2.05) is 37.4 Å². The molecule has 0 spiro atoms. The zero-order valence-electron chi connectivity index (χ0n) is 9.65. The molecular weight excluding hydrogens is 332 g/mol. The molecule has 0 N–H and O–H groups in total. The van der Waals surface area contributed by atoms with Gasteiger partial charge < -0.3 is 4.90 Å². The third-order valence-corrected chi connectivity index (χ3v) is 4.41. The van der Waals surface area contributed by atoms with Crippen LogP contribution in [0.25, 0.3) is 0 Å². The van der Waals surface area contributed by atoms with Crippen molar-refractivity contribution in [1.29, 1.82) is 5.26 Å². The van der Waals surface area contributed by atoms with Gasteiger partial charge in [0.1, 0.15) is 6.07 Å². The molecule has 0 saturated heterocycles. The van der Waals surface area contributed by atoms with Gasteiger partial charge in [-0.25, -0.2) is 0 Å². The Morgan fingerprint density at radius 1 is 1.39 bits per heavy atom. The van der Waals surface area contributed by atoms with Gasteiger partial charge in [0.2, 0.25) is 0 Å². The van der Waals surface area contributed by atoms with Gasteiger partial charge in [0.05, 0.1) is 16.4 Å². The van der Waals surface area contributed by atoms with Crippen LogP contribution in [0.1, 0.15) is 10.4 Å². The molecule has 0 fully saturated rings. The molecule has 1 heterocycles. The fraction of sp³-hybridized carbons (Fsp3) is 0.154. The molecule has 18 heavy (non-hydrogen) atoms. The number of nitriles is 1. The lowest BCUT2D eigenvalue weighted by molar-refractivity contribution is 0.939. The van der Waals surface area contributed by atoms with Crippen LogP contribution in [-0.2, 0) is 6.54 Å². The summed E-state index contributed by atoms with van der Waals surface area (Å²) in [5.41, 5.74) is 1.71. The average Bonchev–Trinajstić information content (AvgIpc) is 2.74. The summed E-state index contributed by atoms with van der Waals surface area (Å²) in [6.45, 7) is 0.801. The molecule has 0 radical (unpaired) electrons. The van der Waals surface area contributed by atoms with Gasteiger partial charge in [-0.2, -0.15) is 5.26 Å². The number of nitrogens with zero attached hydrogens (tertiary/aromatic N) is 2. The van der Waals surface area contributed by atoms with Crippen molar-refractivity contribution >= 4 is 44.6 Å². The Labute approximate surface area is 124 Å². The third-order valence-electron chi connectivity index (χ3n) is 2.54. The summed E-state index contributed by atoms with van der Waals surface area (Å²) < 4.78 is 1.62. The second-order valence-electron chi connectivity index (χ2n) is 3.84. The lowest BCUT2D eigenvalue weighted by atomic mass is 10.2. The van der Waals surface area contributed by atoms with E-state index in [4.69, 9.17) is 16.9 Å². The molecule has 0 unspecified atom stereocenters. The molecule has 0 aliphatic heterocycles. The van der Waals surface area contributed by atoms with Crippen molar-refractivity contribution in [3.8, 4) is 6.07 Å². The van der Waals surface area contributed by atoms with Crippen molar-refractivity contribution in [3.05, 3.63) is 49.6 Å². The van der Waals surface area contributed by atoms with Crippen LogP contribution in [0.4, 0.5) is 5.69 Å². The van der Waals surface area contributed by atoms with E-state index in [-0.39, 0.29) is 0 Å². The zero-order chi connectivity index (χ0) is 13.1. The van der Waals surface area contributed by atoms with Crippen LogP contribution in [-0.4, -0.2) is 7.05 Å². The summed E-state index contributed by atoms with van der Waals surface area (Å²) >= 11 is 10.9. The summed E-state index contributed by atoms with van der Waals surface area (Å²) in [6, 6.07) is 11.8. The van der Waals surface area contributed by atoms with Gasteiger partial charge in [-0.3, -0.25) is 0 Å². The monoisotopic (exact) mass is 340 g/mol. The van der Waals surface area contributed by atoms with Crippen LogP contribution < -0.4 is 4.90 Å². The lowest BCUT2D eigenvalue weighted by Gasteiger charge is -2.18. The first-order chi connectivity index (χ1) is 8.60. The Balaban J connectivity index is 2.16. The van der Waals surface area contributed by atoms with Gasteiger partial charge in [-0.1, -0.05) is 11.6 Å². The highest BCUT2D eigenvalue weighted by molar-refractivity contribution is 9.10. The van der Waals surface area contributed by atoms with E-state index in [1.165, 1.54) is 4.88 Å². The van der Waals surface area contributed by atoms with E-state index < -0.39 is 0 Å². The summed E-state index contributed by atoms with van der Waals surface area (Å²) in [4.78, 5) is 3.33.